The molecule has 0 aliphatic carbocycles. The second-order valence-corrected chi connectivity index (χ2v) is 3.76. The van der Waals surface area contributed by atoms with Crippen molar-refractivity contribution in [1.82, 2.24) is 0 Å². The quantitative estimate of drug-likeness (QED) is 0.739. The van der Waals surface area contributed by atoms with E-state index in [0.29, 0.717) is 5.56 Å². The molecule has 0 bridgehead atoms. The van der Waals surface area contributed by atoms with Crippen LogP contribution in [0.3, 0.4) is 0 Å². The molecule has 0 aromatic heterocycles. The molecule has 0 N–H and O–H groups in total. The van der Waals surface area contributed by atoms with Gasteiger partial charge in [-0.15, -0.1) is 0 Å². The van der Waals surface area contributed by atoms with Crippen molar-refractivity contribution in [1.29, 1.82) is 5.26 Å². The minimum atomic E-state index is 0.707. The summed E-state index contributed by atoms with van der Waals surface area (Å²) in [6.07, 6.45) is 0.829. The van der Waals surface area contributed by atoms with E-state index in [9.17, 15) is 0 Å². The Labute approximate surface area is 96.0 Å². The minimum absolute atomic E-state index is 0.707. The first-order chi connectivity index (χ1) is 7.79. The van der Waals surface area contributed by atoms with Gasteiger partial charge in [0.15, 0.2) is 0 Å². The number of hydrogen-bond donors (Lipinski definition) is 0. The van der Waals surface area contributed by atoms with Crippen LogP contribution in [-0.4, -0.2) is 0 Å². The van der Waals surface area contributed by atoms with Crippen molar-refractivity contribution in [2.24, 2.45) is 0 Å². The lowest BCUT2D eigenvalue weighted by Gasteiger charge is -2.05. The molecule has 16 heavy (non-hydrogen) atoms. The molecule has 1 heteroatoms. The normalized spacial score (nSPS) is 9.75. The Hall–Kier alpha value is -2.07. The Morgan fingerprint density at radius 1 is 1.06 bits per heavy atom. The van der Waals surface area contributed by atoms with Crippen LogP contribution in [0.2, 0.25) is 0 Å². The molecule has 2 rings (SSSR count). The zero-order chi connectivity index (χ0) is 11.4. The second kappa shape index (κ2) is 4.63. The van der Waals surface area contributed by atoms with Crippen molar-refractivity contribution in [3.63, 3.8) is 0 Å². The molecule has 0 aliphatic rings. The van der Waals surface area contributed by atoms with E-state index in [1.165, 1.54) is 5.56 Å². The monoisotopic (exact) mass is 206 g/mol. The molecule has 0 heterocycles. The van der Waals surface area contributed by atoms with Gasteiger partial charge < -0.3 is 0 Å². The van der Waals surface area contributed by atoms with Crippen molar-refractivity contribution in [2.75, 3.05) is 0 Å². The number of benzene rings is 2. The van der Waals surface area contributed by atoms with Crippen LogP contribution >= 0.6 is 0 Å². The van der Waals surface area contributed by atoms with Gasteiger partial charge >= 0.3 is 0 Å². The van der Waals surface area contributed by atoms with E-state index >= 15 is 0 Å². The maximum atomic E-state index is 8.82. The molecule has 0 atom stereocenters. The summed E-state index contributed by atoms with van der Waals surface area (Å²) in [5.74, 6) is 0. The molecule has 0 unspecified atom stereocenters. The van der Waals surface area contributed by atoms with Gasteiger partial charge in [-0.2, -0.15) is 5.26 Å². The minimum Gasteiger partial charge on any atom is -0.192 e. The Morgan fingerprint density at radius 3 is 2.62 bits per heavy atom. The highest BCUT2D eigenvalue weighted by Crippen LogP contribution is 2.14. The van der Waals surface area contributed by atoms with E-state index in [2.05, 4.69) is 19.1 Å². The highest BCUT2D eigenvalue weighted by atomic mass is 14.2. The molecule has 0 spiro atoms. The molecule has 0 aliphatic heterocycles. The standard InChI is InChI=1S/C15H12N/c1-12-5-2-3-8-15(12)10-13-6-4-7-14(9-13)11-16/h2-9H,1,10H2. The third-order valence-corrected chi connectivity index (χ3v) is 2.57. The summed E-state index contributed by atoms with van der Waals surface area (Å²) >= 11 is 0. The molecule has 0 amide bonds. The number of nitriles is 1. The Balaban J connectivity index is 2.28. The first-order valence-corrected chi connectivity index (χ1v) is 5.18. The first kappa shape index (κ1) is 10.4. The summed E-state index contributed by atoms with van der Waals surface area (Å²) in [7, 11) is 0. The first-order valence-electron chi connectivity index (χ1n) is 5.18. The molecule has 2 aromatic rings. The predicted octanol–water partition coefficient (Wildman–Crippen LogP) is 3.33. The summed E-state index contributed by atoms with van der Waals surface area (Å²) in [6.45, 7) is 3.99. The zero-order valence-electron chi connectivity index (χ0n) is 8.98. The average molecular weight is 206 g/mol. The van der Waals surface area contributed by atoms with Crippen LogP contribution in [0, 0.1) is 18.3 Å². The molecule has 0 fully saturated rings. The Kier molecular flexibility index (Phi) is 3.03. The zero-order valence-corrected chi connectivity index (χ0v) is 8.98. The van der Waals surface area contributed by atoms with Crippen molar-refractivity contribution >= 4 is 0 Å². The van der Waals surface area contributed by atoms with Gasteiger partial charge in [0.25, 0.3) is 0 Å². The summed E-state index contributed by atoms with van der Waals surface area (Å²) < 4.78 is 0. The smallest absolute Gasteiger partial charge is 0.0991 e. The van der Waals surface area contributed by atoms with Crippen LogP contribution in [0.4, 0.5) is 0 Å². The topological polar surface area (TPSA) is 23.8 Å². The number of hydrogen-bond acceptors (Lipinski definition) is 1. The lowest BCUT2D eigenvalue weighted by atomic mass is 10.00. The van der Waals surface area contributed by atoms with Gasteiger partial charge in [-0.1, -0.05) is 36.4 Å². The lowest BCUT2D eigenvalue weighted by Crippen LogP contribution is -1.91. The van der Waals surface area contributed by atoms with Crippen LogP contribution in [0.25, 0.3) is 0 Å². The summed E-state index contributed by atoms with van der Waals surface area (Å²) in [6, 6.07) is 17.9. The SMILES string of the molecule is [CH2]c1ccccc1Cc1cccc(C#N)c1. The third kappa shape index (κ3) is 2.29. The largest absolute Gasteiger partial charge is 0.192 e. The van der Waals surface area contributed by atoms with Crippen molar-refractivity contribution in [3.05, 3.63) is 77.7 Å². The van der Waals surface area contributed by atoms with Gasteiger partial charge in [-0.25, -0.2) is 0 Å². The van der Waals surface area contributed by atoms with E-state index in [0.717, 1.165) is 17.5 Å². The van der Waals surface area contributed by atoms with Gasteiger partial charge in [-0.3, -0.25) is 0 Å². The van der Waals surface area contributed by atoms with Gasteiger partial charge in [0.2, 0.25) is 0 Å². The molecular weight excluding hydrogens is 194 g/mol. The number of nitrogens with zero attached hydrogens (tertiary/aromatic N) is 1. The molecule has 2 aromatic carbocycles. The fourth-order valence-electron chi connectivity index (χ4n) is 1.70. The van der Waals surface area contributed by atoms with Crippen molar-refractivity contribution < 1.29 is 0 Å². The van der Waals surface area contributed by atoms with Crippen molar-refractivity contribution in [3.8, 4) is 6.07 Å². The average Bonchev–Trinajstić information content (AvgIpc) is 2.32. The Bertz CT molecular complexity index is 535. The van der Waals surface area contributed by atoms with Crippen LogP contribution in [0.5, 0.6) is 0 Å². The summed E-state index contributed by atoms with van der Waals surface area (Å²) in [4.78, 5) is 0. The van der Waals surface area contributed by atoms with E-state index in [1.54, 1.807) is 0 Å². The van der Waals surface area contributed by atoms with Crippen LogP contribution < -0.4 is 0 Å². The number of rotatable bonds is 2. The van der Waals surface area contributed by atoms with E-state index in [-0.39, 0.29) is 0 Å². The molecular formula is C15H12N. The van der Waals surface area contributed by atoms with Crippen LogP contribution in [-0.2, 0) is 6.42 Å². The Morgan fingerprint density at radius 2 is 1.88 bits per heavy atom. The van der Waals surface area contributed by atoms with Crippen LogP contribution in [0.15, 0.2) is 48.5 Å². The maximum absolute atomic E-state index is 8.82. The van der Waals surface area contributed by atoms with E-state index < -0.39 is 0 Å². The van der Waals surface area contributed by atoms with Crippen LogP contribution in [0.1, 0.15) is 22.3 Å². The van der Waals surface area contributed by atoms with Gasteiger partial charge in [0, 0.05) is 0 Å². The summed E-state index contributed by atoms with van der Waals surface area (Å²) in [5, 5.41) is 8.82. The molecule has 0 saturated carbocycles. The van der Waals surface area contributed by atoms with E-state index in [1.807, 2.05) is 42.5 Å². The second-order valence-electron chi connectivity index (χ2n) is 3.76. The molecule has 0 saturated heterocycles. The maximum Gasteiger partial charge on any atom is 0.0991 e. The van der Waals surface area contributed by atoms with Gasteiger partial charge in [-0.05, 0) is 42.2 Å². The van der Waals surface area contributed by atoms with E-state index in [4.69, 9.17) is 5.26 Å². The predicted molar refractivity (Wildman–Crippen MR) is 64.9 cm³/mol. The molecule has 1 nitrogen and oxygen atoms in total. The van der Waals surface area contributed by atoms with Gasteiger partial charge in [0.1, 0.15) is 0 Å². The van der Waals surface area contributed by atoms with Gasteiger partial charge in [0.05, 0.1) is 11.6 Å². The fourth-order valence-corrected chi connectivity index (χ4v) is 1.70. The summed E-state index contributed by atoms with van der Waals surface area (Å²) in [5.41, 5.74) is 4.11. The highest BCUT2D eigenvalue weighted by Gasteiger charge is 2.00. The molecule has 77 valence electrons. The fraction of sp³-hybridized carbons (Fsp3) is 0.0667. The molecule has 1 radical (unpaired) electrons. The highest BCUT2D eigenvalue weighted by molar-refractivity contribution is 5.38. The third-order valence-electron chi connectivity index (χ3n) is 2.57. The van der Waals surface area contributed by atoms with Crippen molar-refractivity contribution in [2.45, 2.75) is 6.42 Å². The lowest BCUT2D eigenvalue weighted by molar-refractivity contribution is 1.17.